The molecule has 0 aliphatic carbocycles. The first-order chi connectivity index (χ1) is 8.00. The van der Waals surface area contributed by atoms with Crippen LogP contribution in [0.3, 0.4) is 0 Å². The summed E-state index contributed by atoms with van der Waals surface area (Å²) in [5.74, 6) is -0.503. The van der Waals surface area contributed by atoms with E-state index in [1.165, 1.54) is 0 Å². The summed E-state index contributed by atoms with van der Waals surface area (Å²) in [5, 5.41) is 8.58. The molecule has 1 aromatic heterocycles. The van der Waals surface area contributed by atoms with Crippen LogP contribution in [-0.4, -0.2) is 53.2 Å². The smallest absolute Gasteiger partial charge is 0.283 e. The summed E-state index contributed by atoms with van der Waals surface area (Å²) in [5.41, 5.74) is -0.790. The minimum atomic E-state index is -0.584. The largest absolute Gasteiger partial charge is 0.350 e. The summed E-state index contributed by atoms with van der Waals surface area (Å²) in [7, 11) is 3.90. The zero-order chi connectivity index (χ0) is 12.8. The first-order valence-corrected chi connectivity index (χ1v) is 5.53. The Morgan fingerprint density at radius 3 is 2.82 bits per heavy atom. The summed E-state index contributed by atoms with van der Waals surface area (Å²) in [6.45, 7) is 1.36. The van der Waals surface area contributed by atoms with Crippen LogP contribution in [0, 0.1) is 4.77 Å². The molecule has 0 saturated heterocycles. The molecule has 94 valence electrons. The number of rotatable bonds is 5. The van der Waals surface area contributed by atoms with Crippen molar-refractivity contribution in [1.82, 2.24) is 25.4 Å². The van der Waals surface area contributed by atoms with E-state index >= 15 is 0 Å². The number of H-pyrrole nitrogens is 2. The predicted molar refractivity (Wildman–Crippen MR) is 65.5 cm³/mol. The minimum Gasteiger partial charge on any atom is -0.350 e. The van der Waals surface area contributed by atoms with Crippen molar-refractivity contribution in [1.29, 1.82) is 0 Å². The van der Waals surface area contributed by atoms with Crippen molar-refractivity contribution in [3.8, 4) is 0 Å². The molecule has 0 unspecified atom stereocenters. The Kier molecular flexibility index (Phi) is 4.98. The third kappa shape index (κ3) is 4.45. The minimum absolute atomic E-state index is 0.0964. The first kappa shape index (κ1) is 13.5. The number of carbonyl (C=O) groups is 1. The summed E-state index contributed by atoms with van der Waals surface area (Å²) >= 11 is 4.67. The Bertz CT molecular complexity index is 493. The zero-order valence-electron chi connectivity index (χ0n) is 9.74. The van der Waals surface area contributed by atoms with Gasteiger partial charge in [-0.15, -0.1) is 0 Å². The normalized spacial score (nSPS) is 10.5. The lowest BCUT2D eigenvalue weighted by molar-refractivity contribution is 0.0944. The third-order valence-electron chi connectivity index (χ3n) is 1.99. The van der Waals surface area contributed by atoms with Gasteiger partial charge in [0.15, 0.2) is 4.77 Å². The number of hydrogen-bond donors (Lipinski definition) is 3. The number of amides is 1. The molecule has 0 fully saturated rings. The van der Waals surface area contributed by atoms with Crippen molar-refractivity contribution >= 4 is 18.1 Å². The van der Waals surface area contributed by atoms with Gasteiger partial charge < -0.3 is 10.2 Å². The first-order valence-electron chi connectivity index (χ1n) is 5.12. The van der Waals surface area contributed by atoms with Gasteiger partial charge in [0, 0.05) is 6.54 Å². The SMILES string of the molecule is CN(C)CCCNC(=O)c1n[nH]c(=S)[nH]c1=O. The lowest BCUT2D eigenvalue weighted by atomic mass is 10.3. The Morgan fingerprint density at radius 2 is 2.24 bits per heavy atom. The summed E-state index contributed by atoms with van der Waals surface area (Å²) in [4.78, 5) is 27.2. The second kappa shape index (κ2) is 6.26. The fourth-order valence-corrected chi connectivity index (χ4v) is 1.32. The molecular weight excluding hydrogens is 242 g/mol. The average Bonchev–Trinajstić information content (AvgIpc) is 2.23. The van der Waals surface area contributed by atoms with E-state index in [1.54, 1.807) is 0 Å². The highest BCUT2D eigenvalue weighted by molar-refractivity contribution is 7.71. The molecule has 8 heteroatoms. The van der Waals surface area contributed by atoms with Crippen molar-refractivity contribution in [2.75, 3.05) is 27.2 Å². The molecule has 0 aliphatic rings. The number of nitrogens with one attached hydrogen (secondary N) is 3. The lowest BCUT2D eigenvalue weighted by Gasteiger charge is -2.09. The van der Waals surface area contributed by atoms with Gasteiger partial charge in [0.25, 0.3) is 11.5 Å². The molecule has 0 spiro atoms. The standard InChI is InChI=1S/C9H15N5O2S/c1-14(2)5-3-4-10-7(15)6-8(16)11-9(17)13-12-6/h3-5H2,1-2H3,(H,10,15)(H2,11,13,16,17). The van der Waals surface area contributed by atoms with Crippen molar-refractivity contribution < 1.29 is 4.79 Å². The molecule has 1 amide bonds. The highest BCUT2D eigenvalue weighted by Gasteiger charge is 2.11. The zero-order valence-corrected chi connectivity index (χ0v) is 10.6. The molecule has 0 aliphatic heterocycles. The van der Waals surface area contributed by atoms with E-state index in [0.29, 0.717) is 6.54 Å². The van der Waals surface area contributed by atoms with Crippen LogP contribution >= 0.6 is 12.2 Å². The van der Waals surface area contributed by atoms with E-state index in [0.717, 1.165) is 13.0 Å². The maximum atomic E-state index is 11.6. The summed E-state index contributed by atoms with van der Waals surface area (Å²) < 4.78 is 0.0964. The van der Waals surface area contributed by atoms with Crippen LogP contribution in [0.4, 0.5) is 0 Å². The average molecular weight is 257 g/mol. The van der Waals surface area contributed by atoms with Crippen molar-refractivity contribution in [2.24, 2.45) is 0 Å². The van der Waals surface area contributed by atoms with Gasteiger partial charge in [-0.25, -0.2) is 0 Å². The van der Waals surface area contributed by atoms with Gasteiger partial charge in [-0.2, -0.15) is 5.10 Å². The van der Waals surface area contributed by atoms with E-state index in [4.69, 9.17) is 0 Å². The Balaban J connectivity index is 2.53. The molecule has 0 bridgehead atoms. The topological polar surface area (TPSA) is 93.9 Å². The van der Waals surface area contributed by atoms with Crippen molar-refractivity contribution in [3.05, 3.63) is 20.8 Å². The van der Waals surface area contributed by atoms with Crippen molar-refractivity contribution in [3.63, 3.8) is 0 Å². The van der Waals surface area contributed by atoms with E-state index in [2.05, 4.69) is 32.7 Å². The van der Waals surface area contributed by atoms with E-state index in [9.17, 15) is 9.59 Å². The van der Waals surface area contributed by atoms with E-state index in [1.807, 2.05) is 19.0 Å². The highest BCUT2D eigenvalue weighted by atomic mass is 32.1. The molecule has 1 heterocycles. The Labute approximate surface area is 103 Å². The number of carbonyl (C=O) groups excluding carboxylic acids is 1. The second-order valence-electron chi connectivity index (χ2n) is 3.77. The maximum Gasteiger partial charge on any atom is 0.283 e. The van der Waals surface area contributed by atoms with Gasteiger partial charge in [0.05, 0.1) is 0 Å². The van der Waals surface area contributed by atoms with Crippen LogP contribution in [0.25, 0.3) is 0 Å². The van der Waals surface area contributed by atoms with Crippen LogP contribution in [0.2, 0.25) is 0 Å². The van der Waals surface area contributed by atoms with E-state index in [-0.39, 0.29) is 10.5 Å². The molecular formula is C9H15N5O2S. The van der Waals surface area contributed by atoms with Crippen molar-refractivity contribution in [2.45, 2.75) is 6.42 Å². The van der Waals surface area contributed by atoms with Crippen LogP contribution < -0.4 is 10.9 Å². The number of nitrogens with zero attached hydrogens (tertiary/aromatic N) is 2. The number of aromatic amines is 2. The van der Waals surface area contributed by atoms with Crippen LogP contribution in [0.5, 0.6) is 0 Å². The van der Waals surface area contributed by atoms with Gasteiger partial charge in [-0.1, -0.05) is 0 Å². The summed E-state index contributed by atoms with van der Waals surface area (Å²) in [6, 6.07) is 0. The molecule has 17 heavy (non-hydrogen) atoms. The van der Waals surface area contributed by atoms with Crippen LogP contribution in [-0.2, 0) is 0 Å². The maximum absolute atomic E-state index is 11.6. The molecule has 0 radical (unpaired) electrons. The van der Waals surface area contributed by atoms with Crippen LogP contribution in [0.1, 0.15) is 16.9 Å². The molecule has 1 aromatic rings. The molecule has 7 nitrogen and oxygen atoms in total. The fourth-order valence-electron chi connectivity index (χ4n) is 1.18. The second-order valence-corrected chi connectivity index (χ2v) is 4.18. The van der Waals surface area contributed by atoms with Gasteiger partial charge in [-0.05, 0) is 39.3 Å². The predicted octanol–water partition coefficient (Wildman–Crippen LogP) is -0.491. The van der Waals surface area contributed by atoms with E-state index < -0.39 is 11.5 Å². The molecule has 0 aromatic carbocycles. The quantitative estimate of drug-likeness (QED) is 0.489. The lowest BCUT2D eigenvalue weighted by Crippen LogP contribution is -2.33. The third-order valence-corrected chi connectivity index (χ3v) is 2.19. The van der Waals surface area contributed by atoms with Crippen LogP contribution in [0.15, 0.2) is 4.79 Å². The van der Waals surface area contributed by atoms with Gasteiger partial charge in [0.1, 0.15) is 0 Å². The Hall–Kier alpha value is -1.54. The van der Waals surface area contributed by atoms with Gasteiger partial charge in [0.2, 0.25) is 5.69 Å². The monoisotopic (exact) mass is 257 g/mol. The summed E-state index contributed by atoms with van der Waals surface area (Å²) in [6.07, 6.45) is 0.805. The van der Waals surface area contributed by atoms with Gasteiger partial charge in [-0.3, -0.25) is 19.7 Å². The molecule has 0 atom stereocenters. The fraction of sp³-hybridized carbons (Fsp3) is 0.556. The van der Waals surface area contributed by atoms with Gasteiger partial charge >= 0.3 is 0 Å². The molecule has 0 saturated carbocycles. The molecule has 3 N–H and O–H groups in total. The number of hydrogen-bond acceptors (Lipinski definition) is 5. The Morgan fingerprint density at radius 1 is 1.53 bits per heavy atom. The molecule has 1 rings (SSSR count). The highest BCUT2D eigenvalue weighted by Crippen LogP contribution is 1.85. The number of aromatic nitrogens is 3.